The Morgan fingerprint density at radius 1 is 0.897 bits per heavy atom. The average Bonchev–Trinajstić information content (AvgIpc) is 2.74. The molecular formula is C24H41NO4. The fraction of sp³-hybridized carbons (Fsp3) is 0.708. The summed E-state index contributed by atoms with van der Waals surface area (Å²) in [5.74, 6) is 5.94. The van der Waals surface area contributed by atoms with Crippen molar-refractivity contribution in [1.82, 2.24) is 0 Å². The van der Waals surface area contributed by atoms with E-state index in [1.165, 1.54) is 44.9 Å². The predicted octanol–water partition coefficient (Wildman–Crippen LogP) is 5.94. The molecule has 0 aliphatic carbocycles. The first-order chi connectivity index (χ1) is 14.1. The number of hydrogen-bond acceptors (Lipinski definition) is 5. The summed E-state index contributed by atoms with van der Waals surface area (Å²) >= 11 is 0. The molecule has 2 unspecified atom stereocenters. The number of aliphatic hydroxyl groups excluding tert-OH is 1. The van der Waals surface area contributed by atoms with Crippen LogP contribution in [0.2, 0.25) is 0 Å². The molecule has 2 atom stereocenters. The molecule has 5 heteroatoms. The second kappa shape index (κ2) is 16.4. The highest BCUT2D eigenvalue weighted by Crippen LogP contribution is 2.20. The topological polar surface area (TPSA) is 81.8 Å². The van der Waals surface area contributed by atoms with Crippen LogP contribution in [0.3, 0.4) is 0 Å². The molecular weight excluding hydrogens is 366 g/mol. The van der Waals surface area contributed by atoms with Crippen molar-refractivity contribution in [3.8, 4) is 5.75 Å². The highest BCUT2D eigenvalue weighted by atomic mass is 16.7. The van der Waals surface area contributed by atoms with E-state index in [1.807, 2.05) is 0 Å². The second-order valence-electron chi connectivity index (χ2n) is 7.85. The van der Waals surface area contributed by atoms with Crippen LogP contribution in [0.4, 0.5) is 0 Å². The van der Waals surface area contributed by atoms with Gasteiger partial charge in [-0.25, -0.2) is 5.90 Å². The molecule has 29 heavy (non-hydrogen) atoms. The Hall–Kier alpha value is -1.43. The molecule has 0 radical (unpaired) electrons. The molecule has 0 saturated carbocycles. The summed E-state index contributed by atoms with van der Waals surface area (Å²) in [4.78, 5) is 16.9. The number of carbonyl (C=O) groups is 1. The lowest BCUT2D eigenvalue weighted by molar-refractivity contribution is -0.158. The van der Waals surface area contributed by atoms with Crippen LogP contribution in [0, 0.1) is 0 Å². The van der Waals surface area contributed by atoms with Crippen LogP contribution in [0.5, 0.6) is 5.75 Å². The fourth-order valence-corrected chi connectivity index (χ4v) is 3.40. The maximum absolute atomic E-state index is 12.3. The number of rotatable bonds is 18. The maximum Gasteiger partial charge on any atom is 0.211 e. The quantitative estimate of drug-likeness (QED) is 0.136. The summed E-state index contributed by atoms with van der Waals surface area (Å²) in [6.07, 6.45) is 12.2. The Balaban J connectivity index is 2.46. The molecule has 0 aromatic heterocycles. The molecule has 0 spiro atoms. The van der Waals surface area contributed by atoms with Crippen LogP contribution in [-0.4, -0.2) is 23.3 Å². The van der Waals surface area contributed by atoms with E-state index in [2.05, 4.69) is 18.7 Å². The Morgan fingerprint density at radius 2 is 1.45 bits per heavy atom. The van der Waals surface area contributed by atoms with Gasteiger partial charge in [-0.15, -0.1) is 0 Å². The van der Waals surface area contributed by atoms with Gasteiger partial charge in [-0.1, -0.05) is 71.6 Å². The van der Waals surface area contributed by atoms with Crippen molar-refractivity contribution in [3.05, 3.63) is 29.8 Å². The molecule has 1 rings (SSSR count). The van der Waals surface area contributed by atoms with Crippen molar-refractivity contribution < 1.29 is 19.5 Å². The molecule has 0 bridgehead atoms. The molecule has 5 nitrogen and oxygen atoms in total. The summed E-state index contributed by atoms with van der Waals surface area (Å²) in [5, 5.41) is 9.99. The van der Waals surface area contributed by atoms with E-state index in [-0.39, 0.29) is 5.78 Å². The minimum atomic E-state index is -1.17. The third-order valence-corrected chi connectivity index (χ3v) is 5.27. The zero-order valence-corrected chi connectivity index (χ0v) is 18.4. The van der Waals surface area contributed by atoms with E-state index < -0.39 is 12.4 Å². The molecule has 1 aromatic carbocycles. The van der Waals surface area contributed by atoms with Gasteiger partial charge in [0.05, 0.1) is 0 Å². The monoisotopic (exact) mass is 407 g/mol. The van der Waals surface area contributed by atoms with Gasteiger partial charge in [0, 0.05) is 12.0 Å². The number of ether oxygens (including phenoxy) is 1. The third kappa shape index (κ3) is 11.4. The number of aliphatic hydroxyl groups is 1. The van der Waals surface area contributed by atoms with Crippen LogP contribution in [0.15, 0.2) is 24.3 Å². The average molecular weight is 408 g/mol. The van der Waals surface area contributed by atoms with Gasteiger partial charge in [0.1, 0.15) is 5.75 Å². The normalized spacial score (nSPS) is 13.2. The van der Waals surface area contributed by atoms with E-state index in [1.54, 1.807) is 24.3 Å². The Morgan fingerprint density at radius 3 is 2.03 bits per heavy atom. The van der Waals surface area contributed by atoms with Crippen molar-refractivity contribution in [3.63, 3.8) is 0 Å². The highest BCUT2D eigenvalue weighted by Gasteiger charge is 2.21. The number of benzene rings is 1. The number of hydrogen-bond donors (Lipinski definition) is 2. The van der Waals surface area contributed by atoms with Gasteiger partial charge in [-0.2, -0.15) is 0 Å². The smallest absolute Gasteiger partial charge is 0.211 e. The molecule has 0 fully saturated rings. The first-order valence-electron chi connectivity index (χ1n) is 11.5. The van der Waals surface area contributed by atoms with Crippen LogP contribution in [-0.2, 0) is 4.84 Å². The second-order valence-corrected chi connectivity index (χ2v) is 7.85. The highest BCUT2D eigenvalue weighted by molar-refractivity contribution is 5.96. The summed E-state index contributed by atoms with van der Waals surface area (Å²) < 4.78 is 5.89. The summed E-state index contributed by atoms with van der Waals surface area (Å²) in [7, 11) is 0. The molecule has 0 aliphatic rings. The van der Waals surface area contributed by atoms with Gasteiger partial charge >= 0.3 is 0 Å². The van der Waals surface area contributed by atoms with Crippen molar-refractivity contribution in [2.75, 3.05) is 0 Å². The van der Waals surface area contributed by atoms with Crippen LogP contribution in [0.1, 0.15) is 108 Å². The van der Waals surface area contributed by atoms with Crippen LogP contribution >= 0.6 is 0 Å². The summed E-state index contributed by atoms with van der Waals surface area (Å²) in [5.41, 5.74) is 0.705. The van der Waals surface area contributed by atoms with Crippen molar-refractivity contribution in [2.45, 2.75) is 110 Å². The fourth-order valence-electron chi connectivity index (χ4n) is 3.40. The van der Waals surface area contributed by atoms with E-state index in [0.29, 0.717) is 24.2 Å². The van der Waals surface area contributed by atoms with E-state index >= 15 is 0 Å². The predicted molar refractivity (Wildman–Crippen MR) is 118 cm³/mol. The van der Waals surface area contributed by atoms with Gasteiger partial charge in [-0.3, -0.25) is 9.63 Å². The third-order valence-electron chi connectivity index (χ3n) is 5.27. The standard InChI is InChI=1S/C24H41NO4/c1-3-5-7-9-11-13-15-23(24(27)29-25)28-21-18-16-20(17-19-21)22(26)14-12-10-8-6-4-2/h16-19,23-24,27H,3-15,25H2,1-2H3. The minimum Gasteiger partial charge on any atom is -0.485 e. The lowest BCUT2D eigenvalue weighted by Gasteiger charge is -2.22. The molecule has 1 aromatic rings. The number of Topliss-reactive ketones (excluding diaryl/α,β-unsaturated/α-hetero) is 1. The number of ketones is 1. The van der Waals surface area contributed by atoms with Gasteiger partial charge in [0.2, 0.25) is 6.29 Å². The summed E-state index contributed by atoms with van der Waals surface area (Å²) in [6.45, 7) is 4.39. The van der Waals surface area contributed by atoms with E-state index in [9.17, 15) is 9.90 Å². The number of carbonyl (C=O) groups excluding carboxylic acids is 1. The first kappa shape index (κ1) is 25.6. The van der Waals surface area contributed by atoms with Gasteiger partial charge in [0.15, 0.2) is 11.9 Å². The molecule has 0 saturated heterocycles. The zero-order chi connectivity index (χ0) is 21.3. The van der Waals surface area contributed by atoms with Gasteiger partial charge in [0.25, 0.3) is 0 Å². The van der Waals surface area contributed by atoms with Crippen molar-refractivity contribution >= 4 is 5.78 Å². The molecule has 0 amide bonds. The molecule has 0 heterocycles. The number of nitrogens with two attached hydrogens (primary N) is 1. The largest absolute Gasteiger partial charge is 0.485 e. The maximum atomic E-state index is 12.3. The van der Waals surface area contributed by atoms with Crippen molar-refractivity contribution in [1.29, 1.82) is 0 Å². The van der Waals surface area contributed by atoms with Gasteiger partial charge < -0.3 is 9.84 Å². The van der Waals surface area contributed by atoms with Crippen LogP contribution in [0.25, 0.3) is 0 Å². The molecule has 166 valence electrons. The Bertz CT molecular complexity index is 532. The minimum absolute atomic E-state index is 0.169. The van der Waals surface area contributed by atoms with Gasteiger partial charge in [-0.05, 0) is 43.5 Å². The zero-order valence-electron chi connectivity index (χ0n) is 18.4. The van der Waals surface area contributed by atoms with E-state index in [0.717, 1.165) is 25.7 Å². The van der Waals surface area contributed by atoms with Crippen molar-refractivity contribution in [2.24, 2.45) is 5.90 Å². The van der Waals surface area contributed by atoms with E-state index in [4.69, 9.17) is 10.6 Å². The lowest BCUT2D eigenvalue weighted by Crippen LogP contribution is -2.35. The first-order valence-corrected chi connectivity index (χ1v) is 11.5. The molecule has 3 N–H and O–H groups in total. The molecule has 0 aliphatic heterocycles. The SMILES string of the molecule is CCCCCCCCC(Oc1ccc(C(=O)CCCCCCC)cc1)C(O)ON. The van der Waals surface area contributed by atoms with Crippen LogP contribution < -0.4 is 10.6 Å². The Kier molecular flexibility index (Phi) is 14.5. The Labute approximate surface area is 176 Å². The number of unbranched alkanes of at least 4 members (excludes halogenated alkanes) is 9. The lowest BCUT2D eigenvalue weighted by atomic mass is 10.0. The summed E-state index contributed by atoms with van der Waals surface area (Å²) in [6, 6.07) is 7.14.